The fourth-order valence-electron chi connectivity index (χ4n) is 2.52. The standard InChI is InChI=1S/C15H17BrN4O2S/c1-9-7-10(3-4-11(9)16)20-6-5-12(14(20)21)17-15-18-13(8-22-2)19-23-15/h3-4,7,12H,5-6,8H2,1-2H3,(H,17,18,19). The molecular formula is C15H17BrN4O2S. The fourth-order valence-corrected chi connectivity index (χ4v) is 3.39. The van der Waals surface area contributed by atoms with Gasteiger partial charge >= 0.3 is 0 Å². The Bertz CT molecular complexity index is 721. The van der Waals surface area contributed by atoms with Crippen molar-refractivity contribution in [1.82, 2.24) is 9.36 Å². The van der Waals surface area contributed by atoms with Gasteiger partial charge in [-0.25, -0.2) is 4.98 Å². The first-order valence-corrected chi connectivity index (χ1v) is 8.80. The first kappa shape index (κ1) is 16.4. The molecule has 0 spiro atoms. The zero-order valence-corrected chi connectivity index (χ0v) is 15.3. The molecule has 1 unspecified atom stereocenters. The Labute approximate surface area is 147 Å². The summed E-state index contributed by atoms with van der Waals surface area (Å²) < 4.78 is 10.2. The second kappa shape index (κ2) is 6.94. The third-order valence-corrected chi connectivity index (χ3v) is 5.27. The number of ether oxygens (including phenoxy) is 1. The van der Waals surface area contributed by atoms with Gasteiger partial charge in [0.25, 0.3) is 0 Å². The lowest BCUT2D eigenvalue weighted by atomic mass is 10.2. The Morgan fingerprint density at radius 1 is 1.52 bits per heavy atom. The maximum Gasteiger partial charge on any atom is 0.249 e. The summed E-state index contributed by atoms with van der Waals surface area (Å²) in [7, 11) is 1.60. The SMILES string of the molecule is COCc1nsc(NC2CCN(c3ccc(Br)c(C)c3)C2=O)n1. The molecule has 1 aromatic carbocycles. The summed E-state index contributed by atoms with van der Waals surface area (Å²) in [6, 6.07) is 5.69. The molecule has 2 aromatic rings. The maximum atomic E-state index is 12.6. The van der Waals surface area contributed by atoms with E-state index in [1.165, 1.54) is 11.5 Å². The van der Waals surface area contributed by atoms with Crippen LogP contribution in [0.4, 0.5) is 10.8 Å². The van der Waals surface area contributed by atoms with E-state index in [-0.39, 0.29) is 11.9 Å². The van der Waals surface area contributed by atoms with E-state index in [1.807, 2.05) is 30.0 Å². The normalized spacial score (nSPS) is 17.8. The fraction of sp³-hybridized carbons (Fsp3) is 0.400. The monoisotopic (exact) mass is 396 g/mol. The van der Waals surface area contributed by atoms with E-state index in [0.717, 1.165) is 22.1 Å². The van der Waals surface area contributed by atoms with Crippen molar-refractivity contribution in [3.63, 3.8) is 0 Å². The van der Waals surface area contributed by atoms with Gasteiger partial charge in [-0.2, -0.15) is 4.37 Å². The molecule has 0 saturated carbocycles. The van der Waals surface area contributed by atoms with E-state index in [1.54, 1.807) is 7.11 Å². The van der Waals surface area contributed by atoms with Crippen molar-refractivity contribution < 1.29 is 9.53 Å². The second-order valence-corrected chi connectivity index (χ2v) is 6.96. The maximum absolute atomic E-state index is 12.6. The van der Waals surface area contributed by atoms with Crippen molar-refractivity contribution >= 4 is 44.2 Å². The Hall–Kier alpha value is -1.51. The van der Waals surface area contributed by atoms with Gasteiger partial charge in [0, 0.05) is 35.3 Å². The Morgan fingerprint density at radius 2 is 2.35 bits per heavy atom. The molecule has 1 aromatic heterocycles. The van der Waals surface area contributed by atoms with Gasteiger partial charge in [0.15, 0.2) is 5.82 Å². The molecule has 122 valence electrons. The van der Waals surface area contributed by atoms with Crippen molar-refractivity contribution in [3.8, 4) is 0 Å². The summed E-state index contributed by atoms with van der Waals surface area (Å²) >= 11 is 4.73. The highest BCUT2D eigenvalue weighted by atomic mass is 79.9. The van der Waals surface area contributed by atoms with Crippen LogP contribution in [0.2, 0.25) is 0 Å². The molecule has 3 rings (SSSR count). The topological polar surface area (TPSA) is 67.3 Å². The van der Waals surface area contributed by atoms with Crippen LogP contribution >= 0.6 is 27.5 Å². The highest BCUT2D eigenvalue weighted by Gasteiger charge is 2.33. The lowest BCUT2D eigenvalue weighted by Crippen LogP contribution is -2.33. The molecule has 1 saturated heterocycles. The number of amides is 1. The number of aromatic nitrogens is 2. The molecule has 1 aliphatic rings. The third kappa shape index (κ3) is 3.54. The summed E-state index contributed by atoms with van der Waals surface area (Å²) in [6.07, 6.45) is 0.743. The van der Waals surface area contributed by atoms with Crippen molar-refractivity contribution in [2.75, 3.05) is 23.9 Å². The molecule has 1 N–H and O–H groups in total. The number of hydrogen-bond acceptors (Lipinski definition) is 6. The quantitative estimate of drug-likeness (QED) is 0.841. The van der Waals surface area contributed by atoms with E-state index in [0.29, 0.717) is 24.1 Å². The molecule has 1 fully saturated rings. The van der Waals surface area contributed by atoms with E-state index in [2.05, 4.69) is 30.6 Å². The van der Waals surface area contributed by atoms with E-state index >= 15 is 0 Å². The first-order chi connectivity index (χ1) is 11.1. The Balaban J connectivity index is 1.69. The van der Waals surface area contributed by atoms with Gasteiger partial charge in [-0.05, 0) is 37.1 Å². The van der Waals surface area contributed by atoms with E-state index in [4.69, 9.17) is 4.74 Å². The number of benzene rings is 1. The Kier molecular flexibility index (Phi) is 4.93. The van der Waals surface area contributed by atoms with Gasteiger partial charge in [0.1, 0.15) is 12.6 Å². The highest BCUT2D eigenvalue weighted by Crippen LogP contribution is 2.27. The first-order valence-electron chi connectivity index (χ1n) is 7.24. The zero-order valence-electron chi connectivity index (χ0n) is 12.9. The second-order valence-electron chi connectivity index (χ2n) is 5.36. The minimum absolute atomic E-state index is 0.0650. The molecule has 0 bridgehead atoms. The molecule has 8 heteroatoms. The summed E-state index contributed by atoms with van der Waals surface area (Å²) in [4.78, 5) is 18.8. The van der Waals surface area contributed by atoms with Crippen LogP contribution in [0.3, 0.4) is 0 Å². The van der Waals surface area contributed by atoms with E-state index < -0.39 is 0 Å². The van der Waals surface area contributed by atoms with Gasteiger partial charge in [0.2, 0.25) is 11.0 Å². The number of rotatable bonds is 5. The summed E-state index contributed by atoms with van der Waals surface area (Å²) in [5.41, 5.74) is 2.04. The van der Waals surface area contributed by atoms with Gasteiger partial charge in [0.05, 0.1) is 0 Å². The van der Waals surface area contributed by atoms with Gasteiger partial charge in [-0.3, -0.25) is 4.79 Å². The zero-order chi connectivity index (χ0) is 16.4. The molecule has 0 aliphatic carbocycles. The van der Waals surface area contributed by atoms with Crippen LogP contribution < -0.4 is 10.2 Å². The van der Waals surface area contributed by atoms with Crippen molar-refractivity contribution in [3.05, 3.63) is 34.1 Å². The minimum atomic E-state index is -0.262. The van der Waals surface area contributed by atoms with Crippen LogP contribution in [0.15, 0.2) is 22.7 Å². The van der Waals surface area contributed by atoms with Gasteiger partial charge in [-0.15, -0.1) is 0 Å². The lowest BCUT2D eigenvalue weighted by molar-refractivity contribution is -0.117. The Morgan fingerprint density at radius 3 is 3.09 bits per heavy atom. The molecule has 1 aliphatic heterocycles. The average molecular weight is 397 g/mol. The summed E-state index contributed by atoms with van der Waals surface area (Å²) in [5, 5.41) is 3.84. The largest absolute Gasteiger partial charge is 0.377 e. The highest BCUT2D eigenvalue weighted by molar-refractivity contribution is 9.10. The predicted octanol–water partition coefficient (Wildman–Crippen LogP) is 2.97. The van der Waals surface area contributed by atoms with Gasteiger partial charge in [-0.1, -0.05) is 15.9 Å². The van der Waals surface area contributed by atoms with Crippen LogP contribution in [-0.2, 0) is 16.1 Å². The number of carbonyl (C=O) groups is 1. The van der Waals surface area contributed by atoms with Crippen LogP contribution in [0.5, 0.6) is 0 Å². The molecule has 1 atom stereocenters. The molecular weight excluding hydrogens is 380 g/mol. The van der Waals surface area contributed by atoms with Crippen molar-refractivity contribution in [1.29, 1.82) is 0 Å². The predicted molar refractivity (Wildman–Crippen MR) is 93.9 cm³/mol. The number of carbonyl (C=O) groups excluding carboxylic acids is 1. The van der Waals surface area contributed by atoms with Crippen LogP contribution in [0.1, 0.15) is 17.8 Å². The van der Waals surface area contributed by atoms with Crippen molar-refractivity contribution in [2.45, 2.75) is 26.0 Å². The number of hydrogen-bond donors (Lipinski definition) is 1. The minimum Gasteiger partial charge on any atom is -0.377 e. The number of methoxy groups -OCH3 is 1. The molecule has 1 amide bonds. The van der Waals surface area contributed by atoms with Crippen LogP contribution in [0, 0.1) is 6.92 Å². The van der Waals surface area contributed by atoms with Crippen LogP contribution in [-0.4, -0.2) is 35.0 Å². The van der Waals surface area contributed by atoms with Gasteiger partial charge < -0.3 is 15.0 Å². The number of nitrogens with zero attached hydrogens (tertiary/aromatic N) is 3. The van der Waals surface area contributed by atoms with Crippen molar-refractivity contribution in [2.24, 2.45) is 0 Å². The molecule has 0 radical (unpaired) electrons. The van der Waals surface area contributed by atoms with E-state index in [9.17, 15) is 4.79 Å². The molecule has 6 nitrogen and oxygen atoms in total. The summed E-state index contributed by atoms with van der Waals surface area (Å²) in [6.45, 7) is 3.09. The average Bonchev–Trinajstić information content (AvgIpc) is 3.11. The summed E-state index contributed by atoms with van der Waals surface area (Å²) in [5.74, 6) is 0.695. The number of aryl methyl sites for hydroxylation is 1. The number of anilines is 2. The number of halogens is 1. The smallest absolute Gasteiger partial charge is 0.249 e. The van der Waals surface area contributed by atoms with Crippen LogP contribution in [0.25, 0.3) is 0 Å². The molecule has 2 heterocycles. The molecule has 23 heavy (non-hydrogen) atoms. The lowest BCUT2D eigenvalue weighted by Gasteiger charge is -2.18. The number of nitrogens with one attached hydrogen (secondary N) is 1. The third-order valence-electron chi connectivity index (χ3n) is 3.70.